The minimum absolute atomic E-state index is 0.111. The quantitative estimate of drug-likeness (QED) is 0.690. The van der Waals surface area contributed by atoms with Gasteiger partial charge in [-0.05, 0) is 42.3 Å². The molecule has 0 aliphatic heterocycles. The van der Waals surface area contributed by atoms with Crippen LogP contribution in [0.4, 0.5) is 0 Å². The maximum atomic E-state index is 12.2. The monoisotopic (exact) mass is 365 g/mol. The maximum absolute atomic E-state index is 12.2. The summed E-state index contributed by atoms with van der Waals surface area (Å²) in [6.45, 7) is -0.111. The van der Waals surface area contributed by atoms with Gasteiger partial charge < -0.3 is 15.5 Å². The lowest BCUT2D eigenvalue weighted by atomic mass is 10.0. The fourth-order valence-electron chi connectivity index (χ4n) is 2.89. The van der Waals surface area contributed by atoms with Crippen LogP contribution in [0, 0.1) is 0 Å². The van der Waals surface area contributed by atoms with E-state index in [1.165, 1.54) is 4.80 Å². The molecule has 1 aromatic heterocycles. The van der Waals surface area contributed by atoms with E-state index in [4.69, 9.17) is 11.6 Å². The predicted octanol–water partition coefficient (Wildman–Crippen LogP) is 0.774. The zero-order valence-electron chi connectivity index (χ0n) is 13.5. The zero-order valence-corrected chi connectivity index (χ0v) is 14.3. The number of hydrogen-bond donors (Lipinski definition) is 3. The molecular formula is C16H20ClN5O3. The fourth-order valence-corrected chi connectivity index (χ4v) is 3.02. The number of carbonyl (C=O) groups is 1. The third-order valence-electron chi connectivity index (χ3n) is 4.26. The molecule has 2 aromatic rings. The first-order valence-corrected chi connectivity index (χ1v) is 8.60. The highest BCUT2D eigenvalue weighted by atomic mass is 35.5. The Kier molecular flexibility index (Phi) is 5.62. The number of amides is 1. The van der Waals surface area contributed by atoms with Gasteiger partial charge in [-0.15, -0.1) is 10.2 Å². The number of nitrogens with one attached hydrogen (secondary N) is 1. The van der Waals surface area contributed by atoms with Crippen LogP contribution in [0.3, 0.4) is 0 Å². The van der Waals surface area contributed by atoms with Crippen LogP contribution in [-0.2, 0) is 11.3 Å². The van der Waals surface area contributed by atoms with Gasteiger partial charge in [-0.25, -0.2) is 0 Å². The first-order valence-electron chi connectivity index (χ1n) is 8.22. The van der Waals surface area contributed by atoms with Crippen molar-refractivity contribution in [1.29, 1.82) is 0 Å². The molecule has 9 heteroatoms. The summed E-state index contributed by atoms with van der Waals surface area (Å²) in [5.41, 5.74) is 0.748. The third-order valence-corrected chi connectivity index (χ3v) is 4.51. The van der Waals surface area contributed by atoms with Crippen LogP contribution in [-0.4, -0.2) is 54.6 Å². The zero-order chi connectivity index (χ0) is 17.8. The van der Waals surface area contributed by atoms with Crippen molar-refractivity contribution in [2.75, 3.05) is 0 Å². The molecule has 1 amide bonds. The fraction of sp³-hybridized carbons (Fsp3) is 0.500. The van der Waals surface area contributed by atoms with E-state index in [0.29, 0.717) is 23.7 Å². The van der Waals surface area contributed by atoms with Crippen molar-refractivity contribution in [3.63, 3.8) is 0 Å². The summed E-state index contributed by atoms with van der Waals surface area (Å²) in [5.74, 6) is 0.0626. The average Bonchev–Trinajstić information content (AvgIpc) is 2.99. The number of rotatable bonds is 4. The van der Waals surface area contributed by atoms with Crippen LogP contribution >= 0.6 is 11.6 Å². The van der Waals surface area contributed by atoms with Gasteiger partial charge in [0.05, 0.1) is 18.2 Å². The Bertz CT molecular complexity index is 721. The molecule has 1 aromatic carbocycles. The van der Waals surface area contributed by atoms with E-state index in [1.54, 1.807) is 24.3 Å². The Morgan fingerprint density at radius 3 is 2.72 bits per heavy atom. The number of aromatic nitrogens is 4. The number of aliphatic hydroxyl groups is 2. The van der Waals surface area contributed by atoms with E-state index < -0.39 is 18.2 Å². The van der Waals surface area contributed by atoms with Crippen molar-refractivity contribution in [3.8, 4) is 11.4 Å². The number of halogens is 1. The number of carbonyl (C=O) groups excluding carboxylic acids is 1. The molecule has 0 saturated heterocycles. The second-order valence-electron chi connectivity index (χ2n) is 6.17. The molecule has 0 spiro atoms. The molecule has 3 N–H and O–H groups in total. The number of tetrazole rings is 1. The Labute approximate surface area is 149 Å². The number of nitrogens with zero attached hydrogens (tertiary/aromatic N) is 4. The number of aliphatic hydroxyl groups excluding tert-OH is 2. The van der Waals surface area contributed by atoms with Crippen LogP contribution in [0.1, 0.15) is 25.7 Å². The molecular weight excluding hydrogens is 346 g/mol. The van der Waals surface area contributed by atoms with Gasteiger partial charge in [0.15, 0.2) is 0 Å². The van der Waals surface area contributed by atoms with E-state index in [9.17, 15) is 15.0 Å². The van der Waals surface area contributed by atoms with Gasteiger partial charge in [0.2, 0.25) is 11.7 Å². The van der Waals surface area contributed by atoms with E-state index >= 15 is 0 Å². The van der Waals surface area contributed by atoms with Gasteiger partial charge in [0, 0.05) is 10.6 Å². The van der Waals surface area contributed by atoms with Gasteiger partial charge in [0.25, 0.3) is 0 Å². The van der Waals surface area contributed by atoms with E-state index in [1.807, 2.05) is 0 Å². The SMILES string of the molecule is O=C(Cn1nnc(-c2ccc(Cl)cc2)n1)N[C@@H]1CCCC[C@@H](O)[C@@H]1O. The second-order valence-corrected chi connectivity index (χ2v) is 6.60. The lowest BCUT2D eigenvalue weighted by Gasteiger charge is -2.24. The first-order chi connectivity index (χ1) is 12.0. The third kappa shape index (κ3) is 4.53. The molecule has 0 unspecified atom stereocenters. The second kappa shape index (κ2) is 7.90. The Balaban J connectivity index is 1.60. The largest absolute Gasteiger partial charge is 0.390 e. The smallest absolute Gasteiger partial charge is 0.243 e. The van der Waals surface area contributed by atoms with Crippen LogP contribution in [0.5, 0.6) is 0 Å². The summed E-state index contributed by atoms with van der Waals surface area (Å²) in [5, 5.41) is 35.2. The summed E-state index contributed by atoms with van der Waals surface area (Å²) < 4.78 is 0. The van der Waals surface area contributed by atoms with Crippen LogP contribution < -0.4 is 5.32 Å². The summed E-state index contributed by atoms with van der Waals surface area (Å²) in [4.78, 5) is 13.4. The average molecular weight is 366 g/mol. The Hall–Kier alpha value is -2.03. The summed E-state index contributed by atoms with van der Waals surface area (Å²) >= 11 is 5.85. The van der Waals surface area contributed by atoms with Crippen LogP contribution in [0.15, 0.2) is 24.3 Å². The molecule has 1 aliphatic carbocycles. The van der Waals surface area contributed by atoms with E-state index in [0.717, 1.165) is 18.4 Å². The van der Waals surface area contributed by atoms with Gasteiger partial charge >= 0.3 is 0 Å². The molecule has 8 nitrogen and oxygen atoms in total. The lowest BCUT2D eigenvalue weighted by Crippen LogP contribution is -2.48. The highest BCUT2D eigenvalue weighted by molar-refractivity contribution is 6.30. The van der Waals surface area contributed by atoms with Crippen LogP contribution in [0.25, 0.3) is 11.4 Å². The Morgan fingerprint density at radius 1 is 1.24 bits per heavy atom. The highest BCUT2D eigenvalue weighted by Crippen LogP contribution is 2.19. The first kappa shape index (κ1) is 17.8. The molecule has 1 saturated carbocycles. The normalized spacial score (nSPS) is 23.9. The Morgan fingerprint density at radius 2 is 1.96 bits per heavy atom. The lowest BCUT2D eigenvalue weighted by molar-refractivity contribution is -0.124. The van der Waals surface area contributed by atoms with Crippen molar-refractivity contribution in [2.45, 2.75) is 50.5 Å². The maximum Gasteiger partial charge on any atom is 0.243 e. The van der Waals surface area contributed by atoms with E-state index in [-0.39, 0.29) is 12.5 Å². The van der Waals surface area contributed by atoms with Crippen LogP contribution in [0.2, 0.25) is 5.02 Å². The summed E-state index contributed by atoms with van der Waals surface area (Å²) in [6, 6.07) is 6.52. The minimum atomic E-state index is -0.959. The van der Waals surface area contributed by atoms with Gasteiger partial charge in [0.1, 0.15) is 6.54 Å². The number of benzene rings is 1. The highest BCUT2D eigenvalue weighted by Gasteiger charge is 2.29. The molecule has 134 valence electrons. The number of hydrogen-bond acceptors (Lipinski definition) is 6. The van der Waals surface area contributed by atoms with Crippen molar-refractivity contribution in [1.82, 2.24) is 25.5 Å². The summed E-state index contributed by atoms with van der Waals surface area (Å²) in [7, 11) is 0. The molecule has 0 radical (unpaired) electrons. The van der Waals surface area contributed by atoms with Gasteiger partial charge in [-0.2, -0.15) is 4.80 Å². The molecule has 1 heterocycles. The standard InChI is InChI=1S/C16H20ClN5O3/c17-11-7-5-10(6-8-11)16-19-21-22(20-16)9-14(24)18-12-3-1-2-4-13(23)15(12)25/h5-8,12-13,15,23,25H,1-4,9H2,(H,18,24)/t12-,13-,15-/m1/s1. The van der Waals surface area contributed by atoms with Gasteiger partial charge in [-0.3, -0.25) is 4.79 Å². The van der Waals surface area contributed by atoms with Gasteiger partial charge in [-0.1, -0.05) is 24.4 Å². The van der Waals surface area contributed by atoms with Crippen molar-refractivity contribution in [2.24, 2.45) is 0 Å². The molecule has 3 atom stereocenters. The van der Waals surface area contributed by atoms with Crippen molar-refractivity contribution < 1.29 is 15.0 Å². The van der Waals surface area contributed by atoms with Crippen molar-refractivity contribution >= 4 is 17.5 Å². The van der Waals surface area contributed by atoms with Crippen molar-refractivity contribution in [3.05, 3.63) is 29.3 Å². The molecule has 1 fully saturated rings. The minimum Gasteiger partial charge on any atom is -0.390 e. The van der Waals surface area contributed by atoms with E-state index in [2.05, 4.69) is 20.7 Å². The topological polar surface area (TPSA) is 113 Å². The molecule has 25 heavy (non-hydrogen) atoms. The summed E-state index contributed by atoms with van der Waals surface area (Å²) in [6.07, 6.45) is 1.09. The predicted molar refractivity (Wildman–Crippen MR) is 90.7 cm³/mol. The molecule has 0 bridgehead atoms. The molecule has 1 aliphatic rings. The molecule has 3 rings (SSSR count).